The van der Waals surface area contributed by atoms with Crippen LogP contribution in [-0.4, -0.2) is 25.5 Å². The third kappa shape index (κ3) is 4.47. The zero-order valence-corrected chi connectivity index (χ0v) is 18.3. The molecule has 168 valence electrons. The molecule has 5 rings (SSSR count). The minimum atomic E-state index is -0.379. The Labute approximate surface area is 195 Å². The Morgan fingerprint density at radius 2 is 1.71 bits per heavy atom. The maximum atomic E-state index is 13.1. The number of hydrogen-bond acceptors (Lipinski definition) is 5. The third-order valence-electron chi connectivity index (χ3n) is 5.46. The van der Waals surface area contributed by atoms with E-state index in [9.17, 15) is 9.18 Å². The molecule has 0 fully saturated rings. The van der Waals surface area contributed by atoms with E-state index in [0.29, 0.717) is 17.0 Å². The molecule has 0 radical (unpaired) electrons. The molecule has 2 N–H and O–H groups in total. The van der Waals surface area contributed by atoms with Gasteiger partial charge in [0.05, 0.1) is 5.69 Å². The number of aromatic nitrogens is 4. The van der Waals surface area contributed by atoms with Gasteiger partial charge in [-0.15, -0.1) is 0 Å². The molecular weight excluding hydrogens is 431 g/mol. The molecule has 0 saturated heterocycles. The zero-order chi connectivity index (χ0) is 23.5. The Morgan fingerprint density at radius 1 is 0.971 bits per heavy atom. The molecule has 2 heterocycles. The first-order valence-electron chi connectivity index (χ1n) is 10.8. The van der Waals surface area contributed by atoms with E-state index in [1.165, 1.54) is 30.6 Å². The lowest BCUT2D eigenvalue weighted by atomic mass is 10.1. The number of rotatable bonds is 6. The average Bonchev–Trinajstić information content (AvgIpc) is 3.34. The topological polar surface area (TPSA) is 84.2 Å². The first-order chi connectivity index (χ1) is 16.6. The van der Waals surface area contributed by atoms with Gasteiger partial charge >= 0.3 is 0 Å². The number of fused-ring (bicyclic) bond motifs is 1. The van der Waals surface area contributed by atoms with Crippen LogP contribution in [0.5, 0.6) is 0 Å². The summed E-state index contributed by atoms with van der Waals surface area (Å²) in [5.74, 6) is 0.603. The molecule has 7 nitrogen and oxygen atoms in total. The Balaban J connectivity index is 1.33. The van der Waals surface area contributed by atoms with Crippen molar-refractivity contribution < 1.29 is 9.18 Å². The van der Waals surface area contributed by atoms with Crippen molar-refractivity contribution in [3.05, 3.63) is 108 Å². The van der Waals surface area contributed by atoms with Crippen LogP contribution in [0.15, 0.2) is 91.3 Å². The molecule has 8 heteroatoms. The van der Waals surface area contributed by atoms with E-state index in [0.717, 1.165) is 22.6 Å². The lowest BCUT2D eigenvalue weighted by molar-refractivity contribution is 0.102. The molecule has 0 aliphatic rings. The Morgan fingerprint density at radius 3 is 2.44 bits per heavy atom. The highest BCUT2D eigenvalue weighted by molar-refractivity contribution is 6.04. The Hall–Kier alpha value is -4.59. The summed E-state index contributed by atoms with van der Waals surface area (Å²) in [5, 5.41) is 10.6. The van der Waals surface area contributed by atoms with Gasteiger partial charge < -0.3 is 10.6 Å². The average molecular weight is 452 g/mol. The minimum absolute atomic E-state index is 0.0553. The molecule has 1 unspecified atom stereocenters. The van der Waals surface area contributed by atoms with Gasteiger partial charge in [0.2, 0.25) is 0 Å². The summed E-state index contributed by atoms with van der Waals surface area (Å²) in [6.45, 7) is 2.04. The van der Waals surface area contributed by atoms with Crippen molar-refractivity contribution in [1.82, 2.24) is 19.6 Å². The SMILES string of the molecule is CC(Nc1cc(-c2ccccc2)nc2ncnn12)c1ccc(NC(=O)c2ccc(F)cc2)cc1. The standard InChI is InChI=1S/C26H21FN6O/c1-17(18-9-13-22(14-10-18)31-25(34)20-7-11-21(27)12-8-20)30-24-15-23(19-5-3-2-4-6-19)32-26-28-16-29-33(24)26/h2-17,30H,1H3,(H,31,34). The van der Waals surface area contributed by atoms with Gasteiger partial charge in [-0.05, 0) is 48.9 Å². The van der Waals surface area contributed by atoms with E-state index in [1.807, 2.05) is 67.6 Å². The van der Waals surface area contributed by atoms with Crippen LogP contribution in [0.4, 0.5) is 15.9 Å². The van der Waals surface area contributed by atoms with Crippen molar-refractivity contribution in [2.24, 2.45) is 0 Å². The lowest BCUT2D eigenvalue weighted by Crippen LogP contribution is -2.13. The molecule has 0 aliphatic heterocycles. The van der Waals surface area contributed by atoms with Crippen molar-refractivity contribution >= 4 is 23.2 Å². The molecular formula is C26H21FN6O. The van der Waals surface area contributed by atoms with Crippen molar-refractivity contribution in [3.8, 4) is 11.3 Å². The largest absolute Gasteiger partial charge is 0.363 e. The molecule has 2 aromatic heterocycles. The van der Waals surface area contributed by atoms with Crippen LogP contribution in [0, 0.1) is 5.82 Å². The van der Waals surface area contributed by atoms with Gasteiger partial charge in [0, 0.05) is 28.9 Å². The molecule has 0 aliphatic carbocycles. The van der Waals surface area contributed by atoms with Gasteiger partial charge in [-0.3, -0.25) is 4.79 Å². The summed E-state index contributed by atoms with van der Waals surface area (Å²) >= 11 is 0. The zero-order valence-electron chi connectivity index (χ0n) is 18.3. The second-order valence-electron chi connectivity index (χ2n) is 7.81. The molecule has 0 spiro atoms. The van der Waals surface area contributed by atoms with E-state index in [-0.39, 0.29) is 17.8 Å². The van der Waals surface area contributed by atoms with Gasteiger partial charge in [-0.2, -0.15) is 14.6 Å². The number of anilines is 2. The lowest BCUT2D eigenvalue weighted by Gasteiger charge is -2.17. The predicted molar refractivity (Wildman–Crippen MR) is 129 cm³/mol. The van der Waals surface area contributed by atoms with Gasteiger partial charge in [0.25, 0.3) is 11.7 Å². The highest BCUT2D eigenvalue weighted by atomic mass is 19.1. The fourth-order valence-corrected chi connectivity index (χ4v) is 3.64. The molecule has 1 atom stereocenters. The first-order valence-corrected chi connectivity index (χ1v) is 10.8. The summed E-state index contributed by atoms with van der Waals surface area (Å²) in [7, 11) is 0. The number of carbonyl (C=O) groups excluding carboxylic acids is 1. The van der Waals surface area contributed by atoms with E-state index in [4.69, 9.17) is 0 Å². The number of nitrogens with zero attached hydrogens (tertiary/aromatic N) is 4. The van der Waals surface area contributed by atoms with Crippen molar-refractivity contribution in [2.75, 3.05) is 10.6 Å². The van der Waals surface area contributed by atoms with Gasteiger partial charge in [0.1, 0.15) is 18.0 Å². The van der Waals surface area contributed by atoms with Crippen molar-refractivity contribution in [3.63, 3.8) is 0 Å². The van der Waals surface area contributed by atoms with Crippen LogP contribution in [0.3, 0.4) is 0 Å². The van der Waals surface area contributed by atoms with Crippen molar-refractivity contribution in [1.29, 1.82) is 0 Å². The number of amides is 1. The second-order valence-corrected chi connectivity index (χ2v) is 7.81. The first kappa shape index (κ1) is 21.3. The van der Waals surface area contributed by atoms with E-state index < -0.39 is 0 Å². The minimum Gasteiger partial charge on any atom is -0.363 e. The maximum Gasteiger partial charge on any atom is 0.255 e. The fraction of sp³-hybridized carbons (Fsp3) is 0.0769. The molecule has 34 heavy (non-hydrogen) atoms. The number of nitrogens with one attached hydrogen (secondary N) is 2. The Bertz CT molecular complexity index is 1430. The number of carbonyl (C=O) groups is 1. The summed E-state index contributed by atoms with van der Waals surface area (Å²) < 4.78 is 14.7. The molecule has 5 aromatic rings. The summed E-state index contributed by atoms with van der Waals surface area (Å²) in [5.41, 5.74) is 3.86. The van der Waals surface area contributed by atoms with Gasteiger partial charge in [0.15, 0.2) is 0 Å². The van der Waals surface area contributed by atoms with E-state index >= 15 is 0 Å². The molecule has 3 aromatic carbocycles. The van der Waals surface area contributed by atoms with Gasteiger partial charge in [-0.25, -0.2) is 9.37 Å². The van der Waals surface area contributed by atoms with Crippen LogP contribution in [0.25, 0.3) is 17.0 Å². The van der Waals surface area contributed by atoms with Crippen LogP contribution < -0.4 is 10.6 Å². The molecule has 0 bridgehead atoms. The summed E-state index contributed by atoms with van der Waals surface area (Å²) in [6, 6.07) is 24.8. The number of hydrogen-bond donors (Lipinski definition) is 2. The number of halogens is 1. The molecule has 0 saturated carbocycles. The van der Waals surface area contributed by atoms with E-state index in [2.05, 4.69) is 25.7 Å². The third-order valence-corrected chi connectivity index (χ3v) is 5.46. The monoisotopic (exact) mass is 452 g/mol. The normalized spacial score (nSPS) is 11.8. The van der Waals surface area contributed by atoms with E-state index in [1.54, 1.807) is 4.52 Å². The Kier molecular flexibility index (Phi) is 5.70. The van der Waals surface area contributed by atoms with Gasteiger partial charge in [-0.1, -0.05) is 42.5 Å². The highest BCUT2D eigenvalue weighted by Gasteiger charge is 2.13. The molecule has 1 amide bonds. The maximum absolute atomic E-state index is 13.1. The fourth-order valence-electron chi connectivity index (χ4n) is 3.64. The summed E-state index contributed by atoms with van der Waals surface area (Å²) in [4.78, 5) is 21.2. The summed E-state index contributed by atoms with van der Waals surface area (Å²) in [6.07, 6.45) is 1.48. The van der Waals surface area contributed by atoms with Crippen molar-refractivity contribution in [2.45, 2.75) is 13.0 Å². The van der Waals surface area contributed by atoms with Crippen LogP contribution in [0.1, 0.15) is 28.9 Å². The smallest absolute Gasteiger partial charge is 0.255 e. The van der Waals surface area contributed by atoms with Crippen LogP contribution in [0.2, 0.25) is 0 Å². The number of benzene rings is 3. The highest BCUT2D eigenvalue weighted by Crippen LogP contribution is 2.25. The quantitative estimate of drug-likeness (QED) is 0.363. The van der Waals surface area contributed by atoms with Crippen LogP contribution in [-0.2, 0) is 0 Å². The second kappa shape index (κ2) is 9.11. The van der Waals surface area contributed by atoms with Crippen LogP contribution >= 0.6 is 0 Å². The predicted octanol–water partition coefficient (Wildman–Crippen LogP) is 5.36.